The maximum Gasteiger partial charge on any atom is 0.243 e. The Morgan fingerprint density at radius 1 is 1.47 bits per heavy atom. The Morgan fingerprint density at radius 2 is 2.20 bits per heavy atom. The Kier molecular flexibility index (Phi) is 3.79. The highest BCUT2D eigenvalue weighted by Crippen LogP contribution is 2.06. The number of carbonyl (C=O) groups excluding carboxylic acids is 2. The molecule has 0 atom stereocenters. The second-order valence-corrected chi connectivity index (χ2v) is 3.14. The molecule has 1 aromatic heterocycles. The lowest BCUT2D eigenvalue weighted by atomic mass is 10.3. The van der Waals surface area contributed by atoms with E-state index in [1.54, 1.807) is 18.3 Å². The van der Waals surface area contributed by atoms with Crippen LogP contribution in [0.15, 0.2) is 18.3 Å². The minimum Gasteiger partial charge on any atom is -0.347 e. The van der Waals surface area contributed by atoms with Crippen molar-refractivity contribution in [2.45, 2.75) is 13.8 Å². The smallest absolute Gasteiger partial charge is 0.243 e. The van der Waals surface area contributed by atoms with Crippen LogP contribution < -0.4 is 10.6 Å². The molecule has 1 rings (SSSR count). The monoisotopic (exact) mass is 207 g/mol. The van der Waals surface area contributed by atoms with Crippen molar-refractivity contribution in [2.75, 3.05) is 11.9 Å². The molecule has 0 aliphatic heterocycles. The summed E-state index contributed by atoms with van der Waals surface area (Å²) in [5, 5.41) is 5.06. The van der Waals surface area contributed by atoms with Crippen LogP contribution in [0.3, 0.4) is 0 Å². The van der Waals surface area contributed by atoms with E-state index in [4.69, 9.17) is 0 Å². The highest BCUT2D eigenvalue weighted by molar-refractivity contribution is 5.94. The van der Waals surface area contributed by atoms with Crippen LogP contribution in [-0.2, 0) is 9.59 Å². The molecule has 5 nitrogen and oxygen atoms in total. The van der Waals surface area contributed by atoms with Gasteiger partial charge in [-0.3, -0.25) is 14.6 Å². The summed E-state index contributed by atoms with van der Waals surface area (Å²) in [5.74, 6) is -0.480. The number of hydrogen-bond acceptors (Lipinski definition) is 3. The van der Waals surface area contributed by atoms with Gasteiger partial charge in [0, 0.05) is 24.5 Å². The predicted octanol–water partition coefficient (Wildman–Crippen LogP) is 0.465. The van der Waals surface area contributed by atoms with Gasteiger partial charge in [0.15, 0.2) is 0 Å². The zero-order valence-electron chi connectivity index (χ0n) is 8.70. The van der Waals surface area contributed by atoms with Crippen LogP contribution in [-0.4, -0.2) is 23.3 Å². The van der Waals surface area contributed by atoms with Gasteiger partial charge in [-0.1, -0.05) is 0 Å². The number of nitrogens with zero attached hydrogens (tertiary/aromatic N) is 1. The highest BCUT2D eigenvalue weighted by atomic mass is 16.2. The predicted molar refractivity (Wildman–Crippen MR) is 56.3 cm³/mol. The highest BCUT2D eigenvalue weighted by Gasteiger charge is 2.02. The third kappa shape index (κ3) is 4.21. The minimum absolute atomic E-state index is 0.0172. The second-order valence-electron chi connectivity index (χ2n) is 3.14. The van der Waals surface area contributed by atoms with Crippen LogP contribution >= 0.6 is 0 Å². The summed E-state index contributed by atoms with van der Waals surface area (Å²) in [6.45, 7) is 3.18. The first-order valence-corrected chi connectivity index (χ1v) is 4.55. The van der Waals surface area contributed by atoms with Crippen LogP contribution in [0.4, 0.5) is 5.69 Å². The summed E-state index contributed by atoms with van der Waals surface area (Å²) in [5.41, 5.74) is 1.50. The third-order valence-electron chi connectivity index (χ3n) is 1.68. The molecule has 0 aliphatic rings. The quantitative estimate of drug-likeness (QED) is 0.756. The number of aromatic nitrogens is 1. The van der Waals surface area contributed by atoms with Crippen molar-refractivity contribution in [3.63, 3.8) is 0 Å². The summed E-state index contributed by atoms with van der Waals surface area (Å²) in [7, 11) is 0. The topological polar surface area (TPSA) is 71.1 Å². The molecule has 0 bridgehead atoms. The van der Waals surface area contributed by atoms with Gasteiger partial charge in [0.25, 0.3) is 0 Å². The molecule has 5 heteroatoms. The first-order chi connectivity index (χ1) is 7.08. The van der Waals surface area contributed by atoms with Crippen LogP contribution in [0.1, 0.15) is 12.6 Å². The molecule has 0 fully saturated rings. The summed E-state index contributed by atoms with van der Waals surface area (Å²) in [6, 6.07) is 3.45. The Morgan fingerprint density at radius 3 is 2.80 bits per heavy atom. The number of amides is 2. The van der Waals surface area contributed by atoms with Gasteiger partial charge in [-0.25, -0.2) is 0 Å². The average molecular weight is 207 g/mol. The molecule has 0 saturated carbocycles. The molecule has 0 saturated heterocycles. The fourth-order valence-electron chi connectivity index (χ4n) is 1.03. The Balaban J connectivity index is 2.48. The van der Waals surface area contributed by atoms with Gasteiger partial charge in [0.05, 0.1) is 6.54 Å². The second kappa shape index (κ2) is 5.09. The number of carbonyl (C=O) groups is 2. The fourth-order valence-corrected chi connectivity index (χ4v) is 1.03. The largest absolute Gasteiger partial charge is 0.347 e. The number of anilines is 1. The van der Waals surface area contributed by atoms with E-state index in [1.807, 2.05) is 6.92 Å². The van der Waals surface area contributed by atoms with Gasteiger partial charge in [-0.05, 0) is 19.1 Å². The Bertz CT molecular complexity index is 377. The molecule has 0 aliphatic carbocycles. The van der Waals surface area contributed by atoms with Crippen molar-refractivity contribution >= 4 is 17.5 Å². The fraction of sp³-hybridized carbons (Fsp3) is 0.300. The lowest BCUT2D eigenvalue weighted by Crippen LogP contribution is -2.31. The molecular weight excluding hydrogens is 194 g/mol. The lowest BCUT2D eigenvalue weighted by Gasteiger charge is -2.05. The van der Waals surface area contributed by atoms with E-state index >= 15 is 0 Å². The maximum absolute atomic E-state index is 11.3. The number of pyridine rings is 1. The van der Waals surface area contributed by atoms with E-state index in [1.165, 1.54) is 6.92 Å². The van der Waals surface area contributed by atoms with Gasteiger partial charge in [0.2, 0.25) is 11.8 Å². The first kappa shape index (κ1) is 11.2. The maximum atomic E-state index is 11.3. The van der Waals surface area contributed by atoms with Crippen molar-refractivity contribution in [1.29, 1.82) is 0 Å². The van der Waals surface area contributed by atoms with Crippen LogP contribution in [0.2, 0.25) is 0 Å². The van der Waals surface area contributed by atoms with Gasteiger partial charge in [-0.15, -0.1) is 0 Å². The van der Waals surface area contributed by atoms with Crippen LogP contribution in [0, 0.1) is 6.92 Å². The zero-order valence-corrected chi connectivity index (χ0v) is 8.70. The molecule has 0 unspecified atom stereocenters. The number of hydrogen-bond donors (Lipinski definition) is 2. The van der Waals surface area contributed by atoms with Gasteiger partial charge < -0.3 is 10.6 Å². The molecule has 1 aromatic rings. The summed E-state index contributed by atoms with van der Waals surface area (Å²) in [6.07, 6.45) is 1.61. The molecular formula is C10H13N3O2. The van der Waals surface area contributed by atoms with Gasteiger partial charge in [0.1, 0.15) is 0 Å². The summed E-state index contributed by atoms with van der Waals surface area (Å²) in [4.78, 5) is 25.8. The van der Waals surface area contributed by atoms with Crippen LogP contribution in [0.5, 0.6) is 0 Å². The molecule has 2 amide bonds. The minimum atomic E-state index is -0.254. The third-order valence-corrected chi connectivity index (χ3v) is 1.68. The number of aryl methyl sites for hydroxylation is 1. The van der Waals surface area contributed by atoms with E-state index in [0.717, 1.165) is 5.69 Å². The van der Waals surface area contributed by atoms with Crippen molar-refractivity contribution < 1.29 is 9.59 Å². The van der Waals surface area contributed by atoms with E-state index < -0.39 is 0 Å². The molecule has 0 aromatic carbocycles. The average Bonchev–Trinajstić information content (AvgIpc) is 2.15. The summed E-state index contributed by atoms with van der Waals surface area (Å²) < 4.78 is 0. The first-order valence-electron chi connectivity index (χ1n) is 4.55. The Hall–Kier alpha value is -1.91. The molecule has 0 radical (unpaired) electrons. The van der Waals surface area contributed by atoms with Crippen LogP contribution in [0.25, 0.3) is 0 Å². The molecule has 1 heterocycles. The normalized spacial score (nSPS) is 9.47. The van der Waals surface area contributed by atoms with Gasteiger partial charge in [-0.2, -0.15) is 0 Å². The van der Waals surface area contributed by atoms with E-state index in [9.17, 15) is 9.59 Å². The van der Waals surface area contributed by atoms with E-state index in [2.05, 4.69) is 15.6 Å². The molecule has 0 spiro atoms. The van der Waals surface area contributed by atoms with Crippen molar-refractivity contribution in [2.24, 2.45) is 0 Å². The summed E-state index contributed by atoms with van der Waals surface area (Å²) >= 11 is 0. The lowest BCUT2D eigenvalue weighted by molar-refractivity contribution is -0.122. The van der Waals surface area contributed by atoms with Crippen molar-refractivity contribution in [3.05, 3.63) is 24.0 Å². The van der Waals surface area contributed by atoms with Gasteiger partial charge >= 0.3 is 0 Å². The van der Waals surface area contributed by atoms with E-state index in [0.29, 0.717) is 5.69 Å². The van der Waals surface area contributed by atoms with Crippen molar-refractivity contribution in [3.8, 4) is 0 Å². The SMILES string of the molecule is CC(=O)NCC(=O)Nc1ccnc(C)c1. The number of rotatable bonds is 3. The standard InChI is InChI=1S/C10H13N3O2/c1-7-5-9(3-4-11-7)13-10(15)6-12-8(2)14/h3-5H,6H2,1-2H3,(H,12,14)(H,11,13,15). The number of nitrogens with one attached hydrogen (secondary N) is 2. The molecule has 15 heavy (non-hydrogen) atoms. The zero-order chi connectivity index (χ0) is 11.3. The molecule has 80 valence electrons. The molecule has 2 N–H and O–H groups in total. The van der Waals surface area contributed by atoms with Crippen molar-refractivity contribution in [1.82, 2.24) is 10.3 Å². The Labute approximate surface area is 87.9 Å². The van der Waals surface area contributed by atoms with E-state index in [-0.39, 0.29) is 18.4 Å².